The molecule has 3 amide bonds. The van der Waals surface area contributed by atoms with Crippen LogP contribution in [-0.2, 0) is 19.1 Å². The highest BCUT2D eigenvalue weighted by Crippen LogP contribution is 2.66. The van der Waals surface area contributed by atoms with Gasteiger partial charge in [0.2, 0.25) is 17.7 Å². The minimum atomic E-state index is -1.12. The molecule has 1 N–H and O–H groups in total. The van der Waals surface area contributed by atoms with Gasteiger partial charge in [0.15, 0.2) is 0 Å². The van der Waals surface area contributed by atoms with Crippen LogP contribution in [0.1, 0.15) is 67.2 Å². The number of carbonyl (C=O) groups is 3. The van der Waals surface area contributed by atoms with E-state index in [1.165, 1.54) is 0 Å². The summed E-state index contributed by atoms with van der Waals surface area (Å²) in [4.78, 5) is 48.1. The van der Waals surface area contributed by atoms with E-state index in [4.69, 9.17) is 4.74 Å². The summed E-state index contributed by atoms with van der Waals surface area (Å²) in [5.41, 5.74) is -1.99. The lowest BCUT2D eigenvalue weighted by atomic mass is 9.62. The summed E-state index contributed by atoms with van der Waals surface area (Å²) < 4.78 is 6.87. The number of unbranched alkanes of at least 4 members (excludes halogenated alkanes) is 1. The molecule has 2 bridgehead atoms. The number of ether oxygens (including phenoxy) is 1. The summed E-state index contributed by atoms with van der Waals surface area (Å²) in [6.07, 6.45) is 6.46. The van der Waals surface area contributed by atoms with Crippen LogP contribution in [0.15, 0.2) is 25.3 Å². The van der Waals surface area contributed by atoms with Crippen LogP contribution in [0.2, 0.25) is 0 Å². The zero-order valence-electron chi connectivity index (χ0n) is 24.3. The molecule has 0 aromatic carbocycles. The number of aliphatic hydroxyl groups excluding tert-OH is 1. The third-order valence-corrected chi connectivity index (χ3v) is 9.16. The van der Waals surface area contributed by atoms with Crippen molar-refractivity contribution in [1.82, 2.24) is 14.7 Å². The first-order chi connectivity index (χ1) is 18.0. The molecule has 3 heterocycles. The molecule has 8 heteroatoms. The van der Waals surface area contributed by atoms with Crippen LogP contribution in [0.3, 0.4) is 0 Å². The maximum absolute atomic E-state index is 14.4. The Labute approximate surface area is 229 Å². The molecule has 3 rings (SSSR count). The average Bonchev–Trinajstić information content (AvgIpc) is 3.38. The molecule has 0 radical (unpaired) electrons. The average molecular weight is 532 g/mol. The largest absolute Gasteiger partial charge is 0.394 e. The predicted molar refractivity (Wildman–Crippen MR) is 148 cm³/mol. The minimum Gasteiger partial charge on any atom is -0.394 e. The SMILES string of the molecule is C=CCN(CCCC)C(=O)C1N([C@@H](CO)C(C)C)C(=O)[C@@H]2[C@H](C(=O)N(CC=C)CCC)[C@@]3(C)OC12CC3C. The quantitative estimate of drug-likeness (QED) is 0.348. The summed E-state index contributed by atoms with van der Waals surface area (Å²) in [5.74, 6) is -2.16. The normalized spacial score (nSPS) is 32.4. The molecule has 0 saturated carbocycles. The Morgan fingerprint density at radius 2 is 1.74 bits per heavy atom. The standard InChI is InChI=1S/C30H49N3O5/c1-9-13-17-32(16-12-4)28(37)25-30-18-21(7)29(8,38-30)23(26(35)31(14-10-2)15-11-3)24(30)27(36)33(25)22(19-34)20(5)6/h10,12,20-25,34H,2,4,9,11,13-19H2,1,3,5-8H3/t21?,22-,23+,24-,25?,29-,30?/m0/s1. The van der Waals surface area contributed by atoms with Gasteiger partial charge in [-0.05, 0) is 38.0 Å². The molecule has 3 fully saturated rings. The number of amides is 3. The minimum absolute atomic E-state index is 0.0296. The lowest BCUT2D eigenvalue weighted by Crippen LogP contribution is -2.60. The maximum atomic E-state index is 14.4. The van der Waals surface area contributed by atoms with Gasteiger partial charge in [-0.25, -0.2) is 0 Å². The number of nitrogens with zero attached hydrogens (tertiary/aromatic N) is 3. The Balaban J connectivity index is 2.18. The summed E-state index contributed by atoms with van der Waals surface area (Å²) >= 11 is 0. The van der Waals surface area contributed by atoms with Crippen LogP contribution in [-0.4, -0.2) is 93.6 Å². The fourth-order valence-corrected chi connectivity index (χ4v) is 7.19. The molecule has 3 saturated heterocycles. The molecule has 214 valence electrons. The van der Waals surface area contributed by atoms with Crippen molar-refractivity contribution in [1.29, 1.82) is 0 Å². The van der Waals surface area contributed by atoms with Gasteiger partial charge >= 0.3 is 0 Å². The fourth-order valence-electron chi connectivity index (χ4n) is 7.19. The van der Waals surface area contributed by atoms with Gasteiger partial charge in [-0.1, -0.05) is 53.2 Å². The second-order valence-electron chi connectivity index (χ2n) is 11.9. The molecule has 3 aliphatic heterocycles. The monoisotopic (exact) mass is 531 g/mol. The van der Waals surface area contributed by atoms with E-state index in [0.29, 0.717) is 32.6 Å². The van der Waals surface area contributed by atoms with Crippen molar-refractivity contribution in [2.45, 2.75) is 90.5 Å². The topological polar surface area (TPSA) is 90.4 Å². The molecule has 0 aromatic heterocycles. The Kier molecular flexibility index (Phi) is 9.51. The summed E-state index contributed by atoms with van der Waals surface area (Å²) in [7, 11) is 0. The van der Waals surface area contributed by atoms with Crippen molar-refractivity contribution in [2.24, 2.45) is 23.7 Å². The number of hydrogen-bond donors (Lipinski definition) is 1. The number of fused-ring (bicyclic) bond motifs is 1. The van der Waals surface area contributed by atoms with E-state index in [2.05, 4.69) is 27.0 Å². The van der Waals surface area contributed by atoms with Crippen molar-refractivity contribution >= 4 is 17.7 Å². The highest BCUT2D eigenvalue weighted by Gasteiger charge is 2.80. The second kappa shape index (κ2) is 11.9. The van der Waals surface area contributed by atoms with Crippen LogP contribution in [0.4, 0.5) is 0 Å². The molecule has 0 aromatic rings. The molecule has 3 aliphatic rings. The summed E-state index contributed by atoms with van der Waals surface area (Å²) in [6.45, 7) is 21.2. The Bertz CT molecular complexity index is 922. The van der Waals surface area contributed by atoms with E-state index in [1.807, 2.05) is 27.7 Å². The third-order valence-electron chi connectivity index (χ3n) is 9.16. The third kappa shape index (κ3) is 4.72. The van der Waals surface area contributed by atoms with E-state index < -0.39 is 35.1 Å². The van der Waals surface area contributed by atoms with Gasteiger partial charge < -0.3 is 24.5 Å². The van der Waals surface area contributed by atoms with Crippen molar-refractivity contribution in [3.05, 3.63) is 25.3 Å². The predicted octanol–water partition coefficient (Wildman–Crippen LogP) is 3.25. The summed E-state index contributed by atoms with van der Waals surface area (Å²) in [5, 5.41) is 10.4. The lowest BCUT2D eigenvalue weighted by Gasteiger charge is -2.40. The van der Waals surface area contributed by atoms with Crippen LogP contribution >= 0.6 is 0 Å². The molecule has 7 atom stereocenters. The van der Waals surface area contributed by atoms with Gasteiger partial charge in [0.05, 0.1) is 30.1 Å². The van der Waals surface area contributed by atoms with Crippen molar-refractivity contribution in [2.75, 3.05) is 32.8 Å². The van der Waals surface area contributed by atoms with Crippen molar-refractivity contribution in [3.63, 3.8) is 0 Å². The Morgan fingerprint density at radius 3 is 2.24 bits per heavy atom. The Hall–Kier alpha value is -2.19. The van der Waals surface area contributed by atoms with E-state index in [1.54, 1.807) is 26.9 Å². The Morgan fingerprint density at radius 1 is 1.13 bits per heavy atom. The smallest absolute Gasteiger partial charge is 0.248 e. The molecule has 3 unspecified atom stereocenters. The zero-order chi connectivity index (χ0) is 28.4. The van der Waals surface area contributed by atoms with Gasteiger partial charge in [0.1, 0.15) is 11.6 Å². The second-order valence-corrected chi connectivity index (χ2v) is 11.9. The van der Waals surface area contributed by atoms with E-state index in [0.717, 1.165) is 19.3 Å². The van der Waals surface area contributed by atoms with Crippen molar-refractivity contribution < 1.29 is 24.2 Å². The number of likely N-dealkylation sites (tertiary alicyclic amines) is 1. The van der Waals surface area contributed by atoms with E-state index in [-0.39, 0.29) is 36.2 Å². The summed E-state index contributed by atoms with van der Waals surface area (Å²) in [6, 6.07) is -1.47. The highest BCUT2D eigenvalue weighted by atomic mass is 16.5. The first kappa shape index (κ1) is 30.4. The first-order valence-corrected chi connectivity index (χ1v) is 14.4. The molecule has 8 nitrogen and oxygen atoms in total. The number of rotatable bonds is 14. The maximum Gasteiger partial charge on any atom is 0.248 e. The van der Waals surface area contributed by atoms with Gasteiger partial charge in [0.25, 0.3) is 0 Å². The van der Waals surface area contributed by atoms with Gasteiger partial charge in [0, 0.05) is 26.2 Å². The molecule has 0 aliphatic carbocycles. The van der Waals surface area contributed by atoms with Crippen molar-refractivity contribution in [3.8, 4) is 0 Å². The highest BCUT2D eigenvalue weighted by molar-refractivity contribution is 5.99. The number of carbonyl (C=O) groups excluding carboxylic acids is 3. The number of aliphatic hydroxyl groups is 1. The van der Waals surface area contributed by atoms with Gasteiger partial charge in [-0.2, -0.15) is 0 Å². The molecular formula is C30H49N3O5. The van der Waals surface area contributed by atoms with Crippen LogP contribution in [0.5, 0.6) is 0 Å². The van der Waals surface area contributed by atoms with E-state index in [9.17, 15) is 19.5 Å². The van der Waals surface area contributed by atoms with Crippen LogP contribution in [0.25, 0.3) is 0 Å². The number of hydrogen-bond acceptors (Lipinski definition) is 5. The first-order valence-electron chi connectivity index (χ1n) is 14.4. The van der Waals surface area contributed by atoms with Crippen LogP contribution < -0.4 is 0 Å². The lowest BCUT2D eigenvalue weighted by molar-refractivity contribution is -0.158. The van der Waals surface area contributed by atoms with Gasteiger partial charge in [-0.3, -0.25) is 14.4 Å². The van der Waals surface area contributed by atoms with E-state index >= 15 is 0 Å². The molecule has 38 heavy (non-hydrogen) atoms. The molecule has 1 spiro atoms. The van der Waals surface area contributed by atoms with Crippen LogP contribution in [0, 0.1) is 23.7 Å². The fraction of sp³-hybridized carbons (Fsp3) is 0.767. The molecular weight excluding hydrogens is 482 g/mol. The zero-order valence-corrected chi connectivity index (χ0v) is 24.3. The van der Waals surface area contributed by atoms with Gasteiger partial charge in [-0.15, -0.1) is 13.2 Å².